The van der Waals surface area contributed by atoms with E-state index in [1.807, 2.05) is 19.2 Å². The third-order valence-corrected chi connectivity index (χ3v) is 3.51. The number of nitrogens with one attached hydrogen (secondary N) is 1. The quantitative estimate of drug-likeness (QED) is 0.818. The summed E-state index contributed by atoms with van der Waals surface area (Å²) < 4.78 is 13.5. The third-order valence-electron chi connectivity index (χ3n) is 3.51. The van der Waals surface area contributed by atoms with E-state index in [2.05, 4.69) is 26.1 Å². The highest BCUT2D eigenvalue weighted by atomic mass is 19.1. The van der Waals surface area contributed by atoms with Crippen LogP contribution < -0.4 is 5.32 Å². The van der Waals surface area contributed by atoms with E-state index < -0.39 is 0 Å². The molecular formula is C14H22FN. The maximum Gasteiger partial charge on any atom is 0.126 e. The molecule has 0 bridgehead atoms. The number of hydrogen-bond donors (Lipinski definition) is 1. The topological polar surface area (TPSA) is 12.0 Å². The third kappa shape index (κ3) is 2.62. The summed E-state index contributed by atoms with van der Waals surface area (Å²) in [5.74, 6) is -0.121. The summed E-state index contributed by atoms with van der Waals surface area (Å²) in [5, 5.41) is 3.29. The lowest BCUT2D eigenvalue weighted by atomic mass is 9.78. The molecule has 1 nitrogen and oxygen atoms in total. The number of rotatable bonds is 4. The highest BCUT2D eigenvalue weighted by Gasteiger charge is 2.28. The fraction of sp³-hybridized carbons (Fsp3) is 0.571. The molecular weight excluding hydrogens is 201 g/mol. The van der Waals surface area contributed by atoms with Gasteiger partial charge in [0.25, 0.3) is 0 Å². The van der Waals surface area contributed by atoms with Gasteiger partial charge in [0.15, 0.2) is 0 Å². The molecule has 2 heteroatoms. The highest BCUT2D eigenvalue weighted by molar-refractivity contribution is 5.27. The Hall–Kier alpha value is -0.890. The molecule has 0 aliphatic rings. The average molecular weight is 223 g/mol. The molecule has 0 saturated heterocycles. The number of halogens is 1. The average Bonchev–Trinajstić information content (AvgIpc) is 2.24. The van der Waals surface area contributed by atoms with Gasteiger partial charge in [-0.1, -0.05) is 32.9 Å². The van der Waals surface area contributed by atoms with Crippen molar-refractivity contribution in [3.63, 3.8) is 0 Å². The van der Waals surface area contributed by atoms with Crippen molar-refractivity contribution in [2.75, 3.05) is 7.05 Å². The van der Waals surface area contributed by atoms with Crippen molar-refractivity contribution in [2.24, 2.45) is 5.41 Å². The first kappa shape index (κ1) is 13.2. The second-order valence-electron chi connectivity index (χ2n) is 5.07. The summed E-state index contributed by atoms with van der Waals surface area (Å²) in [6.07, 6.45) is 1.05. The number of aryl methyl sites for hydroxylation is 1. The van der Waals surface area contributed by atoms with E-state index in [-0.39, 0.29) is 17.3 Å². The first-order valence-corrected chi connectivity index (χ1v) is 5.85. The zero-order valence-corrected chi connectivity index (χ0v) is 10.9. The minimum absolute atomic E-state index is 0.121. The van der Waals surface area contributed by atoms with Crippen molar-refractivity contribution < 1.29 is 4.39 Å². The Labute approximate surface area is 98.1 Å². The van der Waals surface area contributed by atoms with Crippen LogP contribution in [0.1, 0.15) is 44.4 Å². The molecule has 90 valence electrons. The number of hydrogen-bond acceptors (Lipinski definition) is 1. The van der Waals surface area contributed by atoms with Crippen molar-refractivity contribution in [3.8, 4) is 0 Å². The van der Waals surface area contributed by atoms with Crippen LogP contribution in [0.4, 0.5) is 4.39 Å². The second-order valence-corrected chi connectivity index (χ2v) is 5.07. The molecule has 0 fully saturated rings. The fourth-order valence-corrected chi connectivity index (χ4v) is 2.00. The van der Waals surface area contributed by atoms with Gasteiger partial charge in [0.2, 0.25) is 0 Å². The molecule has 0 aliphatic carbocycles. The van der Waals surface area contributed by atoms with Gasteiger partial charge in [-0.25, -0.2) is 4.39 Å². The molecule has 0 spiro atoms. The summed E-state index contributed by atoms with van der Waals surface area (Å²) >= 11 is 0. The summed E-state index contributed by atoms with van der Waals surface area (Å²) in [6.45, 7) is 8.35. The van der Waals surface area contributed by atoms with E-state index in [0.717, 1.165) is 12.0 Å². The molecule has 16 heavy (non-hydrogen) atoms. The van der Waals surface area contributed by atoms with Crippen molar-refractivity contribution in [1.82, 2.24) is 5.32 Å². The van der Waals surface area contributed by atoms with Crippen LogP contribution in [0.25, 0.3) is 0 Å². The molecule has 1 N–H and O–H groups in total. The lowest BCUT2D eigenvalue weighted by Crippen LogP contribution is -2.31. The van der Waals surface area contributed by atoms with Gasteiger partial charge in [-0.15, -0.1) is 0 Å². The van der Waals surface area contributed by atoms with Gasteiger partial charge in [-0.2, -0.15) is 0 Å². The Morgan fingerprint density at radius 2 is 2.00 bits per heavy atom. The van der Waals surface area contributed by atoms with Gasteiger partial charge in [0.05, 0.1) is 0 Å². The van der Waals surface area contributed by atoms with E-state index in [0.29, 0.717) is 5.56 Å². The van der Waals surface area contributed by atoms with Crippen LogP contribution in [0.2, 0.25) is 0 Å². The van der Waals surface area contributed by atoms with Gasteiger partial charge in [-0.05, 0) is 43.0 Å². The molecule has 0 aromatic heterocycles. The molecule has 1 rings (SSSR count). The van der Waals surface area contributed by atoms with Gasteiger partial charge >= 0.3 is 0 Å². The van der Waals surface area contributed by atoms with Crippen molar-refractivity contribution in [2.45, 2.75) is 40.2 Å². The minimum Gasteiger partial charge on any atom is -0.313 e. The molecule has 0 amide bonds. The summed E-state index contributed by atoms with van der Waals surface area (Å²) in [5.41, 5.74) is 1.85. The zero-order chi connectivity index (χ0) is 12.3. The first-order valence-electron chi connectivity index (χ1n) is 5.85. The summed E-state index contributed by atoms with van der Waals surface area (Å²) in [7, 11) is 1.93. The van der Waals surface area contributed by atoms with E-state index in [1.165, 1.54) is 0 Å². The first-order chi connectivity index (χ1) is 7.42. The molecule has 0 radical (unpaired) electrons. The number of benzene rings is 1. The van der Waals surface area contributed by atoms with Crippen LogP contribution in [0, 0.1) is 18.2 Å². The van der Waals surface area contributed by atoms with Gasteiger partial charge in [0, 0.05) is 6.04 Å². The van der Waals surface area contributed by atoms with Crippen LogP contribution in [-0.2, 0) is 0 Å². The molecule has 0 aliphatic heterocycles. The Balaban J connectivity index is 3.09. The molecule has 0 heterocycles. The fourth-order valence-electron chi connectivity index (χ4n) is 2.00. The standard InChI is InChI=1S/C14H22FN/c1-6-14(3,4)13(16-5)11-8-7-10(2)12(15)9-11/h7-9,13,16H,6H2,1-5H3. The molecule has 0 saturated carbocycles. The van der Waals surface area contributed by atoms with E-state index >= 15 is 0 Å². The molecule has 1 atom stereocenters. The minimum atomic E-state index is -0.121. The Bertz CT molecular complexity index is 358. The Morgan fingerprint density at radius 1 is 1.38 bits per heavy atom. The van der Waals surface area contributed by atoms with Crippen molar-refractivity contribution in [3.05, 3.63) is 35.1 Å². The Morgan fingerprint density at radius 3 is 2.44 bits per heavy atom. The predicted molar refractivity (Wildman–Crippen MR) is 67.0 cm³/mol. The smallest absolute Gasteiger partial charge is 0.126 e. The second kappa shape index (κ2) is 4.96. The SMILES string of the molecule is CCC(C)(C)C(NC)c1ccc(C)c(F)c1. The molecule has 1 aromatic carbocycles. The van der Waals surface area contributed by atoms with E-state index in [9.17, 15) is 4.39 Å². The maximum absolute atomic E-state index is 13.5. The van der Waals surface area contributed by atoms with Crippen LogP contribution in [0.3, 0.4) is 0 Å². The van der Waals surface area contributed by atoms with Crippen molar-refractivity contribution in [1.29, 1.82) is 0 Å². The summed E-state index contributed by atoms with van der Waals surface area (Å²) in [6, 6.07) is 5.69. The Kier molecular flexibility index (Phi) is 4.09. The monoisotopic (exact) mass is 223 g/mol. The van der Waals surface area contributed by atoms with Gasteiger partial charge in [0.1, 0.15) is 5.82 Å². The molecule has 1 aromatic rings. The van der Waals surface area contributed by atoms with Crippen LogP contribution >= 0.6 is 0 Å². The highest BCUT2D eigenvalue weighted by Crippen LogP contribution is 2.36. The van der Waals surface area contributed by atoms with Crippen LogP contribution in [0.15, 0.2) is 18.2 Å². The van der Waals surface area contributed by atoms with Crippen LogP contribution in [-0.4, -0.2) is 7.05 Å². The summed E-state index contributed by atoms with van der Waals surface area (Å²) in [4.78, 5) is 0. The van der Waals surface area contributed by atoms with Gasteiger partial charge < -0.3 is 5.32 Å². The maximum atomic E-state index is 13.5. The van der Waals surface area contributed by atoms with E-state index in [1.54, 1.807) is 13.0 Å². The largest absolute Gasteiger partial charge is 0.313 e. The van der Waals surface area contributed by atoms with E-state index in [4.69, 9.17) is 0 Å². The predicted octanol–water partition coefficient (Wildman–Crippen LogP) is 3.83. The van der Waals surface area contributed by atoms with Crippen LogP contribution in [0.5, 0.6) is 0 Å². The molecule has 1 unspecified atom stereocenters. The zero-order valence-electron chi connectivity index (χ0n) is 10.9. The normalized spacial score (nSPS) is 13.9. The van der Waals surface area contributed by atoms with Gasteiger partial charge in [-0.3, -0.25) is 0 Å². The van der Waals surface area contributed by atoms with Crippen molar-refractivity contribution >= 4 is 0 Å². The lowest BCUT2D eigenvalue weighted by molar-refractivity contribution is 0.245. The lowest BCUT2D eigenvalue weighted by Gasteiger charge is -2.33.